The number of alkyl halides is 3. The molecule has 9 nitrogen and oxygen atoms in total. The van der Waals surface area contributed by atoms with Crippen LogP contribution in [0.15, 0.2) is 24.4 Å². The summed E-state index contributed by atoms with van der Waals surface area (Å²) in [4.78, 5) is 38.4. The maximum atomic E-state index is 14.1. The van der Waals surface area contributed by atoms with Gasteiger partial charge in [-0.05, 0) is 107 Å². The molecule has 3 atom stereocenters. The number of ether oxygens (including phenoxy) is 1. The number of rotatable bonds is 9. The minimum Gasteiger partial charge on any atom is -0.495 e. The van der Waals surface area contributed by atoms with E-state index in [2.05, 4.69) is 37.4 Å². The average Bonchev–Trinajstić information content (AvgIpc) is 3.73. The molecule has 1 spiro atoms. The molecule has 2 aromatic rings. The molecular weight excluding hydrogens is 597 g/mol. The van der Waals surface area contributed by atoms with E-state index in [0.717, 1.165) is 83.6 Å². The van der Waals surface area contributed by atoms with Crippen molar-refractivity contribution in [2.45, 2.75) is 95.3 Å². The number of nitrogens with zero attached hydrogens (tertiary/aromatic N) is 4. The highest BCUT2D eigenvalue weighted by atomic mass is 19.4. The molecule has 2 saturated carbocycles. The van der Waals surface area contributed by atoms with Crippen molar-refractivity contribution in [3.63, 3.8) is 0 Å². The first-order valence-electron chi connectivity index (χ1n) is 16.7. The van der Waals surface area contributed by atoms with E-state index in [1.54, 1.807) is 18.2 Å². The topological polar surface area (TPSA) is 99.7 Å². The van der Waals surface area contributed by atoms with Crippen molar-refractivity contribution in [1.29, 1.82) is 0 Å². The monoisotopic (exact) mass is 642 g/mol. The number of anilines is 2. The minimum absolute atomic E-state index is 0.0203. The molecule has 2 aliphatic heterocycles. The molecule has 0 radical (unpaired) electrons. The number of benzene rings is 1. The highest BCUT2D eigenvalue weighted by Gasteiger charge is 2.60. The van der Waals surface area contributed by atoms with Crippen LogP contribution in [-0.4, -0.2) is 77.5 Å². The van der Waals surface area contributed by atoms with Crippen LogP contribution in [0.2, 0.25) is 0 Å². The molecule has 2 amide bonds. The van der Waals surface area contributed by atoms with Crippen molar-refractivity contribution < 1.29 is 27.5 Å². The Bertz CT molecular complexity index is 1430. The number of hydrogen-bond donors (Lipinski definition) is 2. The lowest BCUT2D eigenvalue weighted by Gasteiger charge is -2.43. The molecule has 1 aromatic heterocycles. The lowest BCUT2D eigenvalue weighted by Crippen LogP contribution is -2.49. The first kappa shape index (κ1) is 32.5. The van der Waals surface area contributed by atoms with Gasteiger partial charge >= 0.3 is 6.18 Å². The van der Waals surface area contributed by atoms with E-state index < -0.39 is 11.7 Å². The van der Waals surface area contributed by atoms with E-state index in [9.17, 15) is 22.8 Å². The number of aromatic nitrogens is 2. The van der Waals surface area contributed by atoms with Crippen LogP contribution in [0.1, 0.15) is 92.2 Å². The number of piperidine rings is 2. The molecule has 4 aliphatic rings. The van der Waals surface area contributed by atoms with Crippen molar-refractivity contribution >= 4 is 23.5 Å². The van der Waals surface area contributed by atoms with Gasteiger partial charge in [0.05, 0.1) is 24.1 Å². The van der Waals surface area contributed by atoms with E-state index in [4.69, 9.17) is 4.74 Å². The standard InChI is InChI=1S/C34H45F3N6O3/c1-42-17-13-24(14-18-42)39-31(45)22-9-11-27(28(19-22)46-2)41-32-38-21-25(34(35,36)37)26(40-32)12-10-23-20-33(23)15-5-3-7-29(33)43-16-6-4-8-30(43)44/h9,11,19,21,23-24,29H,3-8,10,12-18,20H2,1-2H3,(H,39,45)(H,38,40,41)/t23-,29-,33+/m1/s1. The fourth-order valence-electron chi connectivity index (χ4n) is 8.07. The first-order chi connectivity index (χ1) is 22.1. The van der Waals surface area contributed by atoms with E-state index in [1.807, 2.05) is 0 Å². The zero-order valence-corrected chi connectivity index (χ0v) is 26.8. The molecule has 2 aliphatic carbocycles. The molecule has 4 fully saturated rings. The summed E-state index contributed by atoms with van der Waals surface area (Å²) in [6.45, 7) is 2.65. The Labute approximate surface area is 268 Å². The molecule has 1 aromatic carbocycles. The molecule has 250 valence electrons. The molecule has 12 heteroatoms. The molecular formula is C34H45F3N6O3. The van der Waals surface area contributed by atoms with E-state index in [-0.39, 0.29) is 53.3 Å². The van der Waals surface area contributed by atoms with Crippen LogP contribution in [0.4, 0.5) is 24.8 Å². The van der Waals surface area contributed by atoms with Gasteiger partial charge in [0.2, 0.25) is 11.9 Å². The Morgan fingerprint density at radius 2 is 1.91 bits per heavy atom. The van der Waals surface area contributed by atoms with Gasteiger partial charge in [0.15, 0.2) is 0 Å². The number of aryl methyl sites for hydroxylation is 1. The predicted octanol–water partition coefficient (Wildman–Crippen LogP) is 5.97. The number of likely N-dealkylation sites (tertiary alicyclic amines) is 2. The fraction of sp³-hybridized carbons (Fsp3) is 0.647. The Morgan fingerprint density at radius 1 is 1.11 bits per heavy atom. The first-order valence-corrected chi connectivity index (χ1v) is 16.7. The van der Waals surface area contributed by atoms with Gasteiger partial charge in [0.1, 0.15) is 5.75 Å². The van der Waals surface area contributed by atoms with Crippen LogP contribution in [-0.2, 0) is 17.4 Å². The summed E-state index contributed by atoms with van der Waals surface area (Å²) in [6, 6.07) is 5.22. The SMILES string of the molecule is COc1cc(C(=O)NC2CCN(C)CC2)ccc1Nc1ncc(C(F)(F)F)c(CC[C@@H]2C[C@@]23CCCC[C@H]3N2CCCCC2=O)n1. The summed E-state index contributed by atoms with van der Waals surface area (Å²) in [5, 5.41) is 6.10. The molecule has 0 unspecified atom stereocenters. The van der Waals surface area contributed by atoms with Gasteiger partial charge in [-0.2, -0.15) is 13.2 Å². The number of hydrogen-bond acceptors (Lipinski definition) is 7. The number of halogens is 3. The number of carbonyl (C=O) groups is 2. The van der Waals surface area contributed by atoms with Gasteiger partial charge in [-0.3, -0.25) is 9.59 Å². The zero-order chi connectivity index (χ0) is 32.5. The van der Waals surface area contributed by atoms with Gasteiger partial charge in [0, 0.05) is 36.8 Å². The minimum atomic E-state index is -4.58. The van der Waals surface area contributed by atoms with E-state index in [0.29, 0.717) is 29.8 Å². The summed E-state index contributed by atoms with van der Waals surface area (Å²) in [5.74, 6) is 0.695. The summed E-state index contributed by atoms with van der Waals surface area (Å²) < 4.78 is 47.7. The van der Waals surface area contributed by atoms with Crippen LogP contribution < -0.4 is 15.4 Å². The molecule has 2 saturated heterocycles. The predicted molar refractivity (Wildman–Crippen MR) is 168 cm³/mol. The third kappa shape index (κ3) is 6.96. The summed E-state index contributed by atoms with van der Waals surface area (Å²) in [5.41, 5.74) is 0.0305. The van der Waals surface area contributed by atoms with Crippen molar-refractivity contribution in [2.24, 2.45) is 11.3 Å². The third-order valence-corrected chi connectivity index (χ3v) is 10.7. The highest BCUT2D eigenvalue weighted by molar-refractivity contribution is 5.95. The quantitative estimate of drug-likeness (QED) is 0.348. The second-order valence-corrected chi connectivity index (χ2v) is 13.6. The van der Waals surface area contributed by atoms with Gasteiger partial charge < -0.3 is 25.2 Å². The summed E-state index contributed by atoms with van der Waals surface area (Å²) in [7, 11) is 3.53. The molecule has 46 heavy (non-hydrogen) atoms. The van der Waals surface area contributed by atoms with Crippen molar-refractivity contribution in [1.82, 2.24) is 25.1 Å². The van der Waals surface area contributed by atoms with E-state index >= 15 is 0 Å². The highest BCUT2D eigenvalue weighted by Crippen LogP contribution is 2.64. The maximum Gasteiger partial charge on any atom is 0.419 e. The molecule has 2 N–H and O–H groups in total. The Balaban J connectivity index is 1.15. The van der Waals surface area contributed by atoms with Gasteiger partial charge in [-0.25, -0.2) is 9.97 Å². The summed E-state index contributed by atoms with van der Waals surface area (Å²) in [6.07, 6.45) is 6.51. The van der Waals surface area contributed by atoms with Gasteiger partial charge in [0.25, 0.3) is 5.91 Å². The normalized spacial score (nSPS) is 25.8. The van der Waals surface area contributed by atoms with Crippen LogP contribution in [0, 0.1) is 11.3 Å². The number of carbonyl (C=O) groups excluding carboxylic acids is 2. The second-order valence-electron chi connectivity index (χ2n) is 13.6. The number of methoxy groups -OCH3 is 1. The Hall–Kier alpha value is -3.41. The lowest BCUT2D eigenvalue weighted by molar-refractivity contribution is -0.139. The van der Waals surface area contributed by atoms with Crippen molar-refractivity contribution in [3.05, 3.63) is 41.2 Å². The van der Waals surface area contributed by atoms with Crippen molar-refractivity contribution in [2.75, 3.05) is 39.1 Å². The smallest absolute Gasteiger partial charge is 0.419 e. The zero-order valence-electron chi connectivity index (χ0n) is 26.8. The molecule has 0 bridgehead atoms. The lowest BCUT2D eigenvalue weighted by atomic mass is 9.77. The van der Waals surface area contributed by atoms with Crippen molar-refractivity contribution in [3.8, 4) is 5.75 Å². The number of nitrogens with one attached hydrogen (secondary N) is 2. The van der Waals surface area contributed by atoms with Crippen LogP contribution in [0.3, 0.4) is 0 Å². The fourth-order valence-corrected chi connectivity index (χ4v) is 8.07. The van der Waals surface area contributed by atoms with Crippen LogP contribution in [0.5, 0.6) is 5.75 Å². The van der Waals surface area contributed by atoms with Crippen LogP contribution in [0.25, 0.3) is 0 Å². The second kappa shape index (κ2) is 13.4. The Kier molecular flexibility index (Phi) is 9.45. The number of amides is 2. The van der Waals surface area contributed by atoms with Crippen LogP contribution >= 0.6 is 0 Å². The molecule has 3 heterocycles. The summed E-state index contributed by atoms with van der Waals surface area (Å²) >= 11 is 0. The Morgan fingerprint density at radius 3 is 2.65 bits per heavy atom. The van der Waals surface area contributed by atoms with Gasteiger partial charge in [-0.15, -0.1) is 0 Å². The molecule has 6 rings (SSSR count). The largest absolute Gasteiger partial charge is 0.495 e. The third-order valence-electron chi connectivity index (χ3n) is 10.7. The van der Waals surface area contributed by atoms with Gasteiger partial charge in [-0.1, -0.05) is 12.8 Å². The maximum absolute atomic E-state index is 14.1. The van der Waals surface area contributed by atoms with E-state index in [1.165, 1.54) is 7.11 Å². The average molecular weight is 643 g/mol.